The second kappa shape index (κ2) is 31.5. The lowest BCUT2D eigenvalue weighted by Gasteiger charge is -2.35. The van der Waals surface area contributed by atoms with E-state index in [9.17, 15) is 13.2 Å². The van der Waals surface area contributed by atoms with Gasteiger partial charge in [0.05, 0.1) is 66.4 Å². The summed E-state index contributed by atoms with van der Waals surface area (Å²) < 4.78 is 64.4. The molecule has 2 aliphatic heterocycles. The van der Waals surface area contributed by atoms with Crippen LogP contribution in [0.15, 0.2) is 211 Å². The molecule has 4 aromatic heterocycles. The number of amidine groups is 1. The number of anilines is 2. The van der Waals surface area contributed by atoms with Crippen molar-refractivity contribution in [3.8, 4) is 28.4 Å². The van der Waals surface area contributed by atoms with Gasteiger partial charge in [0, 0.05) is 75.2 Å². The van der Waals surface area contributed by atoms with Crippen molar-refractivity contribution in [3.63, 3.8) is 0 Å². The molecule has 95 heavy (non-hydrogen) atoms. The number of hydrogen-bond acceptors (Lipinski definition) is 12. The molecule has 6 heterocycles. The van der Waals surface area contributed by atoms with Gasteiger partial charge in [-0.1, -0.05) is 109 Å². The number of nitrogens with one attached hydrogen (secondary N) is 3. The number of hydrogen-bond donors (Lipinski definition) is 3. The SMILES string of the molecule is N=C1Cc2ccccc2N1CCCOc1ccc(F)cc1.N=c1n(CCCOc2ccc(F)cc2)c2ccccc2n1Cc1csc(Cl)n1.N=c1n(CCCOc2ccc(F)cc2)c2ccccc2n1Cc1csc(N2CCN(Cc3ccccc3-c3ccccc3)CC2)n1. The van der Waals surface area contributed by atoms with Gasteiger partial charge in [-0.15, -0.1) is 22.7 Å². The number of benzene rings is 8. The van der Waals surface area contributed by atoms with E-state index in [-0.39, 0.29) is 17.5 Å². The summed E-state index contributed by atoms with van der Waals surface area (Å²) >= 11 is 9.02. The molecule has 0 spiro atoms. The van der Waals surface area contributed by atoms with Gasteiger partial charge in [-0.3, -0.25) is 21.1 Å². The Balaban J connectivity index is 0.000000150. The Morgan fingerprint density at radius 2 is 0.905 bits per heavy atom. The first-order chi connectivity index (χ1) is 46.5. The standard InChI is InChI=1S/C37H37FN6OS.C20H18ClFN4OS.C17H17FN2O/c38-30-15-17-32(18-16-30)45-24-8-19-43-34-13-6-7-14-35(34)44(36(43)39)26-31-27-46-37(40-31)42-22-20-41(21-23-42)25-29-11-4-5-12-33(29)28-9-2-1-3-10-28;21-19-24-15(13-28-19)12-26-18-5-2-1-4-17(18)25(20(26)23)10-3-11-27-16-8-6-14(22)7-9-16;18-14-6-8-15(9-7-14)21-11-3-10-20-16-5-2-1-4-13(16)12-17(20)19/h1-7,9-18,27,39H,8,19-26H2;1-2,4-9,13,23H,3,10-12H2;1-2,4-9,19H,3,10-12H2. The molecule has 2 aliphatic rings. The number of aromatic nitrogens is 6. The van der Waals surface area contributed by atoms with Crippen molar-refractivity contribution in [3.05, 3.63) is 267 Å². The quantitative estimate of drug-likeness (QED) is 0.0535. The van der Waals surface area contributed by atoms with Crippen molar-refractivity contribution in [2.24, 2.45) is 0 Å². The number of piperazine rings is 1. The Bertz CT molecular complexity index is 4620. The van der Waals surface area contributed by atoms with Crippen LogP contribution in [0.4, 0.5) is 24.0 Å². The zero-order chi connectivity index (χ0) is 65.5. The first kappa shape index (κ1) is 65.3. The lowest BCUT2D eigenvalue weighted by Crippen LogP contribution is -2.46. The summed E-state index contributed by atoms with van der Waals surface area (Å²) in [5.74, 6) is 1.78. The summed E-state index contributed by atoms with van der Waals surface area (Å²) in [5, 5.41) is 30.8. The lowest BCUT2D eigenvalue weighted by molar-refractivity contribution is 0.250. The molecular weight excluding hydrogens is 1260 g/mol. The van der Waals surface area contributed by atoms with Crippen LogP contribution in [0.25, 0.3) is 33.2 Å². The molecule has 0 radical (unpaired) electrons. The Kier molecular flexibility index (Phi) is 21.6. The molecule has 486 valence electrons. The molecule has 12 aromatic rings. The third-order valence-electron chi connectivity index (χ3n) is 16.6. The van der Waals surface area contributed by atoms with Gasteiger partial charge < -0.3 is 42.3 Å². The van der Waals surface area contributed by atoms with Crippen molar-refractivity contribution in [1.29, 1.82) is 16.2 Å². The van der Waals surface area contributed by atoms with Crippen LogP contribution >= 0.6 is 34.3 Å². The average Bonchev–Trinajstić information content (AvgIpc) is 1.65. The highest BCUT2D eigenvalue weighted by Gasteiger charge is 2.24. The van der Waals surface area contributed by atoms with Crippen LogP contribution in [0.3, 0.4) is 0 Å². The molecule has 0 unspecified atom stereocenters. The molecule has 0 saturated carbocycles. The molecule has 0 amide bonds. The lowest BCUT2D eigenvalue weighted by atomic mass is 9.99. The average molecular weight is 1330 g/mol. The topological polar surface area (TPSA) is 154 Å². The number of nitrogens with zero attached hydrogens (tertiary/aromatic N) is 9. The summed E-state index contributed by atoms with van der Waals surface area (Å²) in [5.41, 5.74) is 13.0. The normalized spacial score (nSPS) is 12.9. The minimum absolute atomic E-state index is 0.260. The van der Waals surface area contributed by atoms with Crippen LogP contribution in [0, 0.1) is 33.7 Å². The maximum atomic E-state index is 13.2. The van der Waals surface area contributed by atoms with Gasteiger partial charge in [-0.2, -0.15) is 0 Å². The van der Waals surface area contributed by atoms with E-state index in [1.807, 2.05) is 77.1 Å². The van der Waals surface area contributed by atoms with Gasteiger partial charge in [-0.25, -0.2) is 23.1 Å². The van der Waals surface area contributed by atoms with Crippen LogP contribution in [-0.2, 0) is 39.1 Å². The van der Waals surface area contributed by atoms with E-state index in [1.165, 1.54) is 70.0 Å². The number of imidazole rings is 2. The van der Waals surface area contributed by atoms with Gasteiger partial charge in [-0.05, 0) is 145 Å². The van der Waals surface area contributed by atoms with Crippen LogP contribution in [0.2, 0.25) is 4.47 Å². The highest BCUT2D eigenvalue weighted by atomic mass is 35.5. The van der Waals surface area contributed by atoms with Crippen molar-refractivity contribution >= 4 is 73.0 Å². The van der Waals surface area contributed by atoms with Crippen molar-refractivity contribution in [1.82, 2.24) is 33.1 Å². The van der Waals surface area contributed by atoms with E-state index in [0.717, 1.165) is 103 Å². The Labute approximate surface area is 562 Å². The zero-order valence-electron chi connectivity index (χ0n) is 52.3. The molecule has 21 heteroatoms. The molecular formula is C74H72ClF3N12O3S2. The largest absolute Gasteiger partial charge is 0.494 e. The monoisotopic (exact) mass is 1330 g/mol. The molecule has 0 atom stereocenters. The maximum Gasteiger partial charge on any atom is 0.203 e. The number of para-hydroxylation sites is 5. The number of rotatable bonds is 23. The highest BCUT2D eigenvalue weighted by Crippen LogP contribution is 2.30. The minimum Gasteiger partial charge on any atom is -0.494 e. The molecule has 3 N–H and O–H groups in total. The van der Waals surface area contributed by atoms with Crippen LogP contribution in [0.1, 0.15) is 41.8 Å². The first-order valence-corrected chi connectivity index (χ1v) is 33.8. The Morgan fingerprint density at radius 1 is 0.453 bits per heavy atom. The summed E-state index contributed by atoms with van der Waals surface area (Å²) in [6, 6.07) is 61.7. The molecule has 15 nitrogen and oxygen atoms in total. The van der Waals surface area contributed by atoms with Crippen molar-refractivity contribution in [2.75, 3.05) is 62.3 Å². The van der Waals surface area contributed by atoms with E-state index >= 15 is 0 Å². The maximum absolute atomic E-state index is 13.2. The fraction of sp³-hybridized carbons (Fsp3) is 0.230. The molecule has 0 aliphatic carbocycles. The van der Waals surface area contributed by atoms with Crippen LogP contribution in [-0.4, -0.2) is 91.5 Å². The zero-order valence-corrected chi connectivity index (χ0v) is 54.7. The van der Waals surface area contributed by atoms with Gasteiger partial charge in [0.2, 0.25) is 11.2 Å². The molecule has 1 fully saturated rings. The van der Waals surface area contributed by atoms with Gasteiger partial charge in [0.25, 0.3) is 0 Å². The van der Waals surface area contributed by atoms with Gasteiger partial charge in [0.1, 0.15) is 40.5 Å². The van der Waals surface area contributed by atoms with E-state index in [1.54, 1.807) is 47.7 Å². The Hall–Kier alpha value is -9.73. The minimum atomic E-state index is -0.282. The predicted octanol–water partition coefficient (Wildman–Crippen LogP) is 15.3. The summed E-state index contributed by atoms with van der Waals surface area (Å²) in [4.78, 5) is 16.3. The van der Waals surface area contributed by atoms with Gasteiger partial charge in [0.15, 0.2) is 9.60 Å². The van der Waals surface area contributed by atoms with Crippen LogP contribution < -0.4 is 35.2 Å². The third kappa shape index (κ3) is 16.6. The molecule has 1 saturated heterocycles. The third-order valence-corrected chi connectivity index (χ3v) is 18.6. The number of ether oxygens (including phenoxy) is 3. The van der Waals surface area contributed by atoms with E-state index in [4.69, 9.17) is 47.0 Å². The summed E-state index contributed by atoms with van der Waals surface area (Å²) in [7, 11) is 0. The van der Waals surface area contributed by atoms with Crippen LogP contribution in [0.5, 0.6) is 17.2 Å². The number of halogens is 4. The smallest absolute Gasteiger partial charge is 0.203 e. The second-order valence-electron chi connectivity index (χ2n) is 23.0. The fourth-order valence-electron chi connectivity index (χ4n) is 11.9. The fourth-order valence-corrected chi connectivity index (χ4v) is 13.5. The number of thiazole rings is 2. The summed E-state index contributed by atoms with van der Waals surface area (Å²) in [6.45, 7) is 9.42. The highest BCUT2D eigenvalue weighted by molar-refractivity contribution is 7.14. The molecule has 0 bridgehead atoms. The molecule has 14 rings (SSSR count). The number of aryl methyl sites for hydroxylation is 2. The first-order valence-electron chi connectivity index (χ1n) is 31.7. The number of fused-ring (bicyclic) bond motifs is 3. The predicted molar refractivity (Wildman–Crippen MR) is 373 cm³/mol. The van der Waals surface area contributed by atoms with E-state index < -0.39 is 0 Å². The molecule has 8 aromatic carbocycles. The van der Waals surface area contributed by atoms with Crippen molar-refractivity contribution < 1.29 is 27.4 Å². The van der Waals surface area contributed by atoms with E-state index in [0.29, 0.717) is 91.2 Å². The second-order valence-corrected chi connectivity index (χ2v) is 25.2. The van der Waals surface area contributed by atoms with Crippen molar-refractivity contribution in [2.45, 2.75) is 58.4 Å². The van der Waals surface area contributed by atoms with E-state index in [2.05, 4.69) is 99.0 Å². The van der Waals surface area contributed by atoms with Gasteiger partial charge >= 0.3 is 0 Å². The summed E-state index contributed by atoms with van der Waals surface area (Å²) in [6.07, 6.45) is 2.97. The Morgan fingerprint density at radius 3 is 1.43 bits per heavy atom.